The highest BCUT2D eigenvalue weighted by atomic mass is 35.5. The molecule has 0 aliphatic carbocycles. The second-order valence-electron chi connectivity index (χ2n) is 5.75. The fourth-order valence-electron chi connectivity index (χ4n) is 2.60. The highest BCUT2D eigenvalue weighted by Gasteiger charge is 2.17. The average Bonchev–Trinajstić information content (AvgIpc) is 2.67. The van der Waals surface area contributed by atoms with Crippen molar-refractivity contribution in [3.05, 3.63) is 64.8 Å². The molecule has 26 heavy (non-hydrogen) atoms. The summed E-state index contributed by atoms with van der Waals surface area (Å²) in [4.78, 5) is 10.1. The molecule has 7 heteroatoms. The van der Waals surface area contributed by atoms with Crippen molar-refractivity contribution in [2.24, 2.45) is 5.10 Å². The number of rotatable bonds is 3. The summed E-state index contributed by atoms with van der Waals surface area (Å²) in [6.07, 6.45) is 3.48. The Hall–Kier alpha value is -2.08. The van der Waals surface area contributed by atoms with E-state index < -0.39 is 0 Å². The largest absolute Gasteiger partial charge is 0.251 e. The number of halogens is 2. The Morgan fingerprint density at radius 1 is 1.15 bits per heavy atom. The molecule has 0 N–H and O–H groups in total. The normalized spacial score (nSPS) is 14.1. The van der Waals surface area contributed by atoms with Gasteiger partial charge in [-0.25, -0.2) is 9.99 Å². The van der Waals surface area contributed by atoms with E-state index in [0.29, 0.717) is 15.9 Å². The first-order valence-electron chi connectivity index (χ1n) is 7.93. The number of benzene rings is 2. The summed E-state index contributed by atoms with van der Waals surface area (Å²) < 4.78 is 0. The predicted octanol–water partition coefficient (Wildman–Crippen LogP) is 5.46. The molecule has 0 unspecified atom stereocenters. The van der Waals surface area contributed by atoms with Crippen molar-refractivity contribution in [3.8, 4) is 0 Å². The summed E-state index contributed by atoms with van der Waals surface area (Å²) >= 11 is 14.4. The lowest BCUT2D eigenvalue weighted by Crippen LogP contribution is -2.12. The SMILES string of the molecule is CN(/N=C\C1=C(Cl)c2cc(Cl)ccc2SC1)c1cnc2ccccc2n1. The van der Waals surface area contributed by atoms with Crippen LogP contribution < -0.4 is 5.01 Å². The summed E-state index contributed by atoms with van der Waals surface area (Å²) in [5.74, 6) is 1.43. The van der Waals surface area contributed by atoms with E-state index in [1.165, 1.54) is 0 Å². The molecule has 0 atom stereocenters. The van der Waals surface area contributed by atoms with Crippen LogP contribution in [0.5, 0.6) is 0 Å². The number of thioether (sulfide) groups is 1. The molecule has 1 aromatic heterocycles. The van der Waals surface area contributed by atoms with E-state index in [-0.39, 0.29) is 0 Å². The van der Waals surface area contributed by atoms with E-state index in [0.717, 1.165) is 32.8 Å². The van der Waals surface area contributed by atoms with Gasteiger partial charge < -0.3 is 0 Å². The van der Waals surface area contributed by atoms with Gasteiger partial charge in [0.15, 0.2) is 5.82 Å². The molecule has 4 nitrogen and oxygen atoms in total. The van der Waals surface area contributed by atoms with Crippen molar-refractivity contribution in [1.29, 1.82) is 0 Å². The fraction of sp³-hybridized carbons (Fsp3) is 0.105. The molecule has 4 rings (SSSR count). The smallest absolute Gasteiger partial charge is 0.167 e. The standard InChI is InChI=1S/C19H14Cl2N4S/c1-25(18-10-22-15-4-2-3-5-16(15)24-18)23-9-12-11-26-17-7-6-13(20)8-14(17)19(12)21/h2-10H,11H2,1H3/b23-9-. The average molecular weight is 401 g/mol. The van der Waals surface area contributed by atoms with Crippen LogP contribution in [0.25, 0.3) is 16.1 Å². The Bertz CT molecular complexity index is 1050. The number of hydrazone groups is 1. The van der Waals surface area contributed by atoms with Crippen molar-refractivity contribution < 1.29 is 0 Å². The number of anilines is 1. The van der Waals surface area contributed by atoms with Crippen LogP contribution in [0.3, 0.4) is 0 Å². The zero-order valence-corrected chi connectivity index (χ0v) is 16.2. The summed E-state index contributed by atoms with van der Waals surface area (Å²) in [6, 6.07) is 13.5. The van der Waals surface area contributed by atoms with Gasteiger partial charge in [-0.1, -0.05) is 35.3 Å². The van der Waals surface area contributed by atoms with Gasteiger partial charge in [0.05, 0.1) is 28.5 Å². The second-order valence-corrected chi connectivity index (χ2v) is 7.59. The zero-order chi connectivity index (χ0) is 18.1. The lowest BCUT2D eigenvalue weighted by atomic mass is 10.1. The van der Waals surface area contributed by atoms with Gasteiger partial charge in [-0.3, -0.25) is 4.98 Å². The maximum Gasteiger partial charge on any atom is 0.167 e. The minimum Gasteiger partial charge on any atom is -0.251 e. The van der Waals surface area contributed by atoms with Gasteiger partial charge >= 0.3 is 0 Å². The van der Waals surface area contributed by atoms with Gasteiger partial charge in [0.2, 0.25) is 0 Å². The van der Waals surface area contributed by atoms with Crippen LogP contribution in [0.2, 0.25) is 5.02 Å². The number of nitrogens with zero attached hydrogens (tertiary/aromatic N) is 4. The van der Waals surface area contributed by atoms with E-state index >= 15 is 0 Å². The molecule has 1 aliphatic rings. The molecule has 1 aliphatic heterocycles. The van der Waals surface area contributed by atoms with Gasteiger partial charge in [0, 0.05) is 33.9 Å². The Morgan fingerprint density at radius 3 is 2.81 bits per heavy atom. The zero-order valence-electron chi connectivity index (χ0n) is 13.9. The highest BCUT2D eigenvalue weighted by Crippen LogP contribution is 2.39. The summed E-state index contributed by atoms with van der Waals surface area (Å²) in [5.41, 5.74) is 3.59. The molecule has 0 saturated carbocycles. The van der Waals surface area contributed by atoms with Gasteiger partial charge in [0.1, 0.15) is 0 Å². The lowest BCUT2D eigenvalue weighted by molar-refractivity contribution is 0.981. The molecule has 0 amide bonds. The van der Waals surface area contributed by atoms with Crippen LogP contribution >= 0.6 is 35.0 Å². The van der Waals surface area contributed by atoms with Crippen LogP contribution in [0.1, 0.15) is 5.56 Å². The highest BCUT2D eigenvalue weighted by molar-refractivity contribution is 7.99. The first-order chi connectivity index (χ1) is 12.6. The molecular formula is C19H14Cl2N4S. The third kappa shape index (κ3) is 3.43. The Labute approximate surface area is 165 Å². The van der Waals surface area contributed by atoms with E-state index in [9.17, 15) is 0 Å². The van der Waals surface area contributed by atoms with Crippen LogP contribution in [0, 0.1) is 0 Å². The monoisotopic (exact) mass is 400 g/mol. The number of hydrogen-bond donors (Lipinski definition) is 0. The first-order valence-corrected chi connectivity index (χ1v) is 9.67. The van der Waals surface area contributed by atoms with Crippen molar-refractivity contribution >= 4 is 63.1 Å². The number of para-hydroxylation sites is 2. The first kappa shape index (κ1) is 17.3. The topological polar surface area (TPSA) is 41.4 Å². The van der Waals surface area contributed by atoms with E-state index in [1.54, 1.807) is 29.2 Å². The van der Waals surface area contributed by atoms with Crippen molar-refractivity contribution in [3.63, 3.8) is 0 Å². The number of hydrogen-bond acceptors (Lipinski definition) is 5. The molecule has 2 aromatic carbocycles. The molecule has 3 aromatic rings. The van der Waals surface area contributed by atoms with Crippen LogP contribution in [0.4, 0.5) is 5.82 Å². The van der Waals surface area contributed by atoms with Crippen molar-refractivity contribution in [2.75, 3.05) is 17.8 Å². The Morgan fingerprint density at radius 2 is 1.96 bits per heavy atom. The minimum absolute atomic E-state index is 0.670. The maximum absolute atomic E-state index is 6.56. The molecule has 130 valence electrons. The van der Waals surface area contributed by atoms with Crippen LogP contribution in [0.15, 0.2) is 64.2 Å². The second kappa shape index (κ2) is 7.27. The number of aromatic nitrogens is 2. The molecular weight excluding hydrogens is 387 g/mol. The maximum atomic E-state index is 6.56. The Balaban J connectivity index is 1.61. The Kier molecular flexibility index (Phi) is 4.85. The summed E-state index contributed by atoms with van der Waals surface area (Å²) in [5, 5.41) is 7.53. The molecule has 0 radical (unpaired) electrons. The molecule has 0 bridgehead atoms. The fourth-order valence-corrected chi connectivity index (χ4v) is 4.19. The van der Waals surface area contributed by atoms with Crippen molar-refractivity contribution in [1.82, 2.24) is 9.97 Å². The van der Waals surface area contributed by atoms with E-state index in [2.05, 4.69) is 15.1 Å². The quantitative estimate of drug-likeness (QED) is 0.432. The third-order valence-electron chi connectivity index (χ3n) is 4.00. The molecule has 2 heterocycles. The van der Waals surface area contributed by atoms with Crippen LogP contribution in [-0.4, -0.2) is 29.0 Å². The minimum atomic E-state index is 0.670. The van der Waals surface area contributed by atoms with Gasteiger partial charge in [-0.15, -0.1) is 11.8 Å². The van der Waals surface area contributed by atoms with E-state index in [4.69, 9.17) is 23.2 Å². The summed E-state index contributed by atoms with van der Waals surface area (Å²) in [7, 11) is 1.84. The van der Waals surface area contributed by atoms with Gasteiger partial charge in [-0.2, -0.15) is 5.10 Å². The van der Waals surface area contributed by atoms with E-state index in [1.807, 2.05) is 49.5 Å². The predicted molar refractivity (Wildman–Crippen MR) is 111 cm³/mol. The van der Waals surface area contributed by atoms with Crippen molar-refractivity contribution in [2.45, 2.75) is 4.90 Å². The van der Waals surface area contributed by atoms with Crippen LogP contribution in [-0.2, 0) is 0 Å². The van der Waals surface area contributed by atoms with Gasteiger partial charge in [-0.05, 0) is 30.3 Å². The molecule has 0 fully saturated rings. The summed E-state index contributed by atoms with van der Waals surface area (Å²) in [6.45, 7) is 0. The molecule has 0 saturated heterocycles. The number of fused-ring (bicyclic) bond motifs is 2. The third-order valence-corrected chi connectivity index (χ3v) is 5.80. The molecule has 0 spiro atoms. The van der Waals surface area contributed by atoms with Gasteiger partial charge in [0.25, 0.3) is 0 Å². The lowest BCUT2D eigenvalue weighted by Gasteiger charge is -2.18.